The zero-order valence-corrected chi connectivity index (χ0v) is 11.1. The van der Waals surface area contributed by atoms with Gasteiger partial charge in [0.05, 0.1) is 0 Å². The largest absolute Gasteiger partial charge is 0.352 e. The molecule has 0 radical (unpaired) electrons. The van der Waals surface area contributed by atoms with Crippen molar-refractivity contribution in [1.29, 1.82) is 0 Å². The van der Waals surface area contributed by atoms with E-state index in [9.17, 15) is 4.79 Å². The first-order valence-electron chi connectivity index (χ1n) is 5.79. The van der Waals surface area contributed by atoms with Gasteiger partial charge in [-0.15, -0.1) is 11.6 Å². The number of nitrogens with one attached hydrogen (secondary N) is 1. The summed E-state index contributed by atoms with van der Waals surface area (Å²) in [4.78, 5) is 15.7. The quantitative estimate of drug-likeness (QED) is 0.794. The second-order valence-electron chi connectivity index (χ2n) is 4.88. The van der Waals surface area contributed by atoms with Crippen LogP contribution in [0, 0.1) is 5.41 Å². The third-order valence-corrected chi connectivity index (χ3v) is 2.92. The molecule has 0 aliphatic rings. The van der Waals surface area contributed by atoms with Crippen LogP contribution < -0.4 is 5.32 Å². The average molecular weight is 255 g/mol. The van der Waals surface area contributed by atoms with Crippen LogP contribution >= 0.6 is 11.6 Å². The number of carbonyl (C=O) groups is 1. The summed E-state index contributed by atoms with van der Waals surface area (Å²) in [6, 6.07) is 3.42. The van der Waals surface area contributed by atoms with Crippen LogP contribution in [0.1, 0.15) is 37.0 Å². The molecule has 0 aromatic carbocycles. The molecule has 1 N–H and O–H groups in total. The van der Waals surface area contributed by atoms with Crippen molar-refractivity contribution >= 4 is 17.5 Å². The number of carbonyl (C=O) groups excluding carboxylic acids is 1. The summed E-state index contributed by atoms with van der Waals surface area (Å²) in [5.74, 6) is 0.619. The van der Waals surface area contributed by atoms with Gasteiger partial charge in [0.25, 0.3) is 5.91 Å². The van der Waals surface area contributed by atoms with E-state index in [1.165, 1.54) is 0 Å². The fraction of sp³-hybridized carbons (Fsp3) is 0.538. The molecule has 0 saturated carbocycles. The van der Waals surface area contributed by atoms with E-state index in [0.717, 1.165) is 12.8 Å². The number of hydrogen-bond donors (Lipinski definition) is 1. The van der Waals surface area contributed by atoms with Gasteiger partial charge in [-0.05, 0) is 30.4 Å². The van der Waals surface area contributed by atoms with Crippen LogP contribution in [0.3, 0.4) is 0 Å². The van der Waals surface area contributed by atoms with Crippen molar-refractivity contribution in [3.63, 3.8) is 0 Å². The first-order valence-corrected chi connectivity index (χ1v) is 6.33. The minimum Gasteiger partial charge on any atom is -0.352 e. The summed E-state index contributed by atoms with van der Waals surface area (Å²) in [5, 5.41) is 2.94. The number of aromatic nitrogens is 1. The molecule has 1 aromatic heterocycles. The average Bonchev–Trinajstić information content (AvgIpc) is 2.35. The van der Waals surface area contributed by atoms with Crippen LogP contribution in [0.2, 0.25) is 0 Å². The van der Waals surface area contributed by atoms with Crippen LogP contribution in [0.4, 0.5) is 0 Å². The molecule has 0 atom stereocenters. The number of amides is 1. The maximum atomic E-state index is 11.8. The third kappa shape index (κ3) is 5.18. The van der Waals surface area contributed by atoms with Gasteiger partial charge in [0.2, 0.25) is 0 Å². The maximum absolute atomic E-state index is 11.8. The Bertz CT molecular complexity index is 352. The van der Waals surface area contributed by atoms with Crippen LogP contribution in [-0.2, 0) is 0 Å². The summed E-state index contributed by atoms with van der Waals surface area (Å²) in [6.07, 6.45) is 5.22. The second-order valence-corrected chi connectivity index (χ2v) is 5.25. The molecule has 0 aliphatic carbocycles. The molecule has 0 unspecified atom stereocenters. The highest BCUT2D eigenvalue weighted by molar-refractivity contribution is 6.17. The molecule has 1 amide bonds. The molecule has 0 fully saturated rings. The Hall–Kier alpha value is -1.09. The molecule has 0 spiro atoms. The molecule has 3 nitrogen and oxygen atoms in total. The van der Waals surface area contributed by atoms with Gasteiger partial charge >= 0.3 is 0 Å². The Morgan fingerprint density at radius 3 is 2.65 bits per heavy atom. The van der Waals surface area contributed by atoms with Gasteiger partial charge in [0.15, 0.2) is 0 Å². The van der Waals surface area contributed by atoms with Crippen molar-refractivity contribution in [2.45, 2.75) is 26.7 Å². The van der Waals surface area contributed by atoms with Gasteiger partial charge in [0.1, 0.15) is 0 Å². The molecular weight excluding hydrogens is 236 g/mol. The highest BCUT2D eigenvalue weighted by Gasteiger charge is 2.18. The Morgan fingerprint density at radius 1 is 1.41 bits per heavy atom. The van der Waals surface area contributed by atoms with Crippen molar-refractivity contribution < 1.29 is 4.79 Å². The highest BCUT2D eigenvalue weighted by atomic mass is 35.5. The minimum absolute atomic E-state index is 0.0497. The molecule has 0 bridgehead atoms. The molecule has 0 aliphatic heterocycles. The standard InChI is InChI=1S/C13H19ClN2O/c1-13(2,6-3-7-14)10-16-12(17)11-4-8-15-9-5-11/h4-5,8-9H,3,6-7,10H2,1-2H3,(H,16,17). The van der Waals surface area contributed by atoms with E-state index in [0.29, 0.717) is 18.0 Å². The Morgan fingerprint density at radius 2 is 2.06 bits per heavy atom. The van der Waals surface area contributed by atoms with E-state index in [-0.39, 0.29) is 11.3 Å². The highest BCUT2D eigenvalue weighted by Crippen LogP contribution is 2.21. The van der Waals surface area contributed by atoms with E-state index >= 15 is 0 Å². The third-order valence-electron chi connectivity index (χ3n) is 2.66. The number of rotatable bonds is 6. The Labute approximate surface area is 108 Å². The lowest BCUT2D eigenvalue weighted by atomic mass is 9.88. The zero-order valence-electron chi connectivity index (χ0n) is 10.4. The van der Waals surface area contributed by atoms with Gasteiger partial charge in [-0.2, -0.15) is 0 Å². The van der Waals surface area contributed by atoms with Gasteiger partial charge in [-0.3, -0.25) is 9.78 Å². The van der Waals surface area contributed by atoms with Crippen LogP contribution in [0.5, 0.6) is 0 Å². The number of nitrogens with zero attached hydrogens (tertiary/aromatic N) is 1. The van der Waals surface area contributed by atoms with Gasteiger partial charge in [0, 0.05) is 30.4 Å². The molecule has 94 valence electrons. The van der Waals surface area contributed by atoms with Crippen molar-refractivity contribution in [2.24, 2.45) is 5.41 Å². The molecule has 4 heteroatoms. The summed E-state index contributed by atoms with van der Waals surface area (Å²) in [7, 11) is 0. The molecule has 0 saturated heterocycles. The molecule has 1 rings (SSSR count). The number of hydrogen-bond acceptors (Lipinski definition) is 2. The maximum Gasteiger partial charge on any atom is 0.251 e. The van der Waals surface area contributed by atoms with E-state index in [2.05, 4.69) is 24.1 Å². The first kappa shape index (κ1) is 14.0. The summed E-state index contributed by atoms with van der Waals surface area (Å²) < 4.78 is 0. The number of alkyl halides is 1. The lowest BCUT2D eigenvalue weighted by Gasteiger charge is -2.24. The van der Waals surface area contributed by atoms with E-state index in [4.69, 9.17) is 11.6 Å². The fourth-order valence-corrected chi connectivity index (χ4v) is 1.69. The lowest BCUT2D eigenvalue weighted by molar-refractivity contribution is 0.0934. The summed E-state index contributed by atoms with van der Waals surface area (Å²) >= 11 is 5.67. The predicted octanol–water partition coefficient (Wildman–Crippen LogP) is 2.86. The zero-order chi connectivity index (χ0) is 12.7. The minimum atomic E-state index is -0.0497. The first-order chi connectivity index (χ1) is 8.05. The lowest BCUT2D eigenvalue weighted by Crippen LogP contribution is -2.34. The Balaban J connectivity index is 2.43. The van der Waals surface area contributed by atoms with Gasteiger partial charge in [-0.25, -0.2) is 0 Å². The molecule has 1 heterocycles. The second kappa shape index (κ2) is 6.60. The molecular formula is C13H19ClN2O. The SMILES string of the molecule is CC(C)(CCCCl)CNC(=O)c1ccncc1. The van der Waals surface area contributed by atoms with E-state index < -0.39 is 0 Å². The van der Waals surface area contributed by atoms with E-state index in [1.807, 2.05) is 0 Å². The normalized spacial score (nSPS) is 11.2. The predicted molar refractivity (Wildman–Crippen MR) is 70.3 cm³/mol. The summed E-state index contributed by atoms with van der Waals surface area (Å²) in [6.45, 7) is 4.92. The van der Waals surface area contributed by atoms with Crippen molar-refractivity contribution in [3.8, 4) is 0 Å². The molecule has 1 aromatic rings. The topological polar surface area (TPSA) is 42.0 Å². The number of halogens is 1. The van der Waals surface area contributed by atoms with E-state index in [1.54, 1.807) is 24.5 Å². The monoisotopic (exact) mass is 254 g/mol. The summed E-state index contributed by atoms with van der Waals surface area (Å²) in [5.41, 5.74) is 0.727. The van der Waals surface area contributed by atoms with Crippen LogP contribution in [0.25, 0.3) is 0 Å². The van der Waals surface area contributed by atoms with Crippen LogP contribution in [0.15, 0.2) is 24.5 Å². The van der Waals surface area contributed by atoms with Gasteiger partial charge < -0.3 is 5.32 Å². The smallest absolute Gasteiger partial charge is 0.251 e. The van der Waals surface area contributed by atoms with Crippen molar-refractivity contribution in [3.05, 3.63) is 30.1 Å². The Kier molecular flexibility index (Phi) is 5.42. The van der Waals surface area contributed by atoms with Gasteiger partial charge in [-0.1, -0.05) is 13.8 Å². The fourth-order valence-electron chi connectivity index (χ4n) is 1.56. The van der Waals surface area contributed by atoms with Crippen molar-refractivity contribution in [2.75, 3.05) is 12.4 Å². The van der Waals surface area contributed by atoms with Crippen LogP contribution in [-0.4, -0.2) is 23.3 Å². The van der Waals surface area contributed by atoms with Crippen molar-refractivity contribution in [1.82, 2.24) is 10.3 Å². The number of pyridine rings is 1. The molecule has 17 heavy (non-hydrogen) atoms.